The topological polar surface area (TPSA) is 38.7 Å². The van der Waals surface area contributed by atoms with Crippen LogP contribution in [0, 0.1) is 0 Å². The molecule has 0 amide bonds. The van der Waals surface area contributed by atoms with Gasteiger partial charge in [-0.1, -0.05) is 6.07 Å². The Morgan fingerprint density at radius 1 is 1.18 bits per heavy atom. The second-order valence-corrected chi connectivity index (χ2v) is 4.64. The quantitative estimate of drug-likeness (QED) is 0.869. The standard InChI is InChI=1S/C11H13BrF2O3/c1-10(15,11(12,13)14)7-4-5-8(16-2)9(6-7)17-3/h4-6,15H,1-3H3. The summed E-state index contributed by atoms with van der Waals surface area (Å²) in [6.45, 7) is 1.02. The molecule has 0 fully saturated rings. The third-order valence-corrected chi connectivity index (χ3v) is 3.27. The summed E-state index contributed by atoms with van der Waals surface area (Å²) in [6, 6.07) is 4.13. The Bertz CT molecular complexity index is 402. The third-order valence-electron chi connectivity index (χ3n) is 2.50. The van der Waals surface area contributed by atoms with E-state index in [1.54, 1.807) is 0 Å². The lowest BCUT2D eigenvalue weighted by Gasteiger charge is -2.29. The average molecular weight is 311 g/mol. The number of aliphatic hydroxyl groups is 1. The Morgan fingerprint density at radius 3 is 2.12 bits per heavy atom. The minimum Gasteiger partial charge on any atom is -0.493 e. The smallest absolute Gasteiger partial charge is 0.333 e. The Kier molecular flexibility index (Phi) is 3.99. The molecule has 0 radical (unpaired) electrons. The first-order valence-electron chi connectivity index (χ1n) is 4.75. The molecule has 0 aliphatic heterocycles. The molecular formula is C11H13BrF2O3. The molecular weight excluding hydrogens is 298 g/mol. The van der Waals surface area contributed by atoms with Gasteiger partial charge in [0, 0.05) is 0 Å². The number of methoxy groups -OCH3 is 2. The van der Waals surface area contributed by atoms with Gasteiger partial charge in [-0.25, -0.2) is 0 Å². The van der Waals surface area contributed by atoms with E-state index >= 15 is 0 Å². The van der Waals surface area contributed by atoms with Crippen molar-refractivity contribution >= 4 is 15.9 Å². The van der Waals surface area contributed by atoms with E-state index in [0.29, 0.717) is 5.75 Å². The van der Waals surface area contributed by atoms with Gasteiger partial charge >= 0.3 is 4.83 Å². The fourth-order valence-corrected chi connectivity index (χ4v) is 1.53. The van der Waals surface area contributed by atoms with E-state index in [9.17, 15) is 13.9 Å². The Morgan fingerprint density at radius 2 is 1.71 bits per heavy atom. The second kappa shape index (κ2) is 4.78. The van der Waals surface area contributed by atoms with Gasteiger partial charge in [-0.3, -0.25) is 0 Å². The Balaban J connectivity index is 3.25. The van der Waals surface area contributed by atoms with Crippen molar-refractivity contribution in [2.24, 2.45) is 0 Å². The molecule has 1 rings (SSSR count). The van der Waals surface area contributed by atoms with Crippen LogP contribution >= 0.6 is 15.9 Å². The number of rotatable bonds is 4. The molecule has 1 unspecified atom stereocenters. The van der Waals surface area contributed by atoms with Crippen LogP contribution in [0.25, 0.3) is 0 Å². The van der Waals surface area contributed by atoms with E-state index in [2.05, 4.69) is 15.9 Å². The lowest BCUT2D eigenvalue weighted by atomic mass is 9.96. The van der Waals surface area contributed by atoms with Crippen LogP contribution in [0.15, 0.2) is 18.2 Å². The molecule has 0 saturated carbocycles. The lowest BCUT2D eigenvalue weighted by Crippen LogP contribution is -2.37. The van der Waals surface area contributed by atoms with Gasteiger partial charge in [-0.05, 0) is 40.5 Å². The fraction of sp³-hybridized carbons (Fsp3) is 0.455. The first kappa shape index (κ1) is 14.2. The highest BCUT2D eigenvalue weighted by molar-refractivity contribution is 9.10. The number of ether oxygens (including phenoxy) is 2. The third kappa shape index (κ3) is 2.69. The molecule has 1 atom stereocenters. The first-order valence-corrected chi connectivity index (χ1v) is 5.55. The minimum atomic E-state index is -3.44. The molecule has 0 aliphatic rings. The van der Waals surface area contributed by atoms with E-state index in [0.717, 1.165) is 6.92 Å². The zero-order valence-corrected chi connectivity index (χ0v) is 11.2. The summed E-state index contributed by atoms with van der Waals surface area (Å²) in [7, 11) is 2.83. The molecule has 3 nitrogen and oxygen atoms in total. The largest absolute Gasteiger partial charge is 0.493 e. The fourth-order valence-electron chi connectivity index (χ4n) is 1.30. The van der Waals surface area contributed by atoms with E-state index in [1.165, 1.54) is 32.4 Å². The number of benzene rings is 1. The van der Waals surface area contributed by atoms with Gasteiger partial charge in [0.2, 0.25) is 0 Å². The SMILES string of the molecule is COc1ccc(C(C)(O)C(F)(F)Br)cc1OC. The number of hydrogen-bond acceptors (Lipinski definition) is 3. The molecule has 17 heavy (non-hydrogen) atoms. The molecule has 1 aromatic carbocycles. The highest BCUT2D eigenvalue weighted by Crippen LogP contribution is 2.43. The van der Waals surface area contributed by atoms with Gasteiger partial charge in [0.25, 0.3) is 0 Å². The minimum absolute atomic E-state index is 0.0250. The summed E-state index contributed by atoms with van der Waals surface area (Å²) < 4.78 is 36.4. The van der Waals surface area contributed by atoms with E-state index in [1.807, 2.05) is 0 Å². The summed E-state index contributed by atoms with van der Waals surface area (Å²) in [4.78, 5) is -3.44. The van der Waals surface area contributed by atoms with Gasteiger partial charge in [-0.15, -0.1) is 0 Å². The van der Waals surface area contributed by atoms with Crippen molar-refractivity contribution in [3.05, 3.63) is 23.8 Å². The summed E-state index contributed by atoms with van der Waals surface area (Å²) in [6.07, 6.45) is 0. The van der Waals surface area contributed by atoms with Crippen LogP contribution in [-0.4, -0.2) is 24.2 Å². The zero-order valence-electron chi connectivity index (χ0n) is 9.63. The maximum absolute atomic E-state index is 13.2. The summed E-state index contributed by atoms with van der Waals surface area (Å²) >= 11 is 2.16. The van der Waals surface area contributed by atoms with Crippen molar-refractivity contribution in [1.82, 2.24) is 0 Å². The van der Waals surface area contributed by atoms with Crippen molar-refractivity contribution in [1.29, 1.82) is 0 Å². The number of halogens is 3. The molecule has 0 aliphatic carbocycles. The van der Waals surface area contributed by atoms with Crippen molar-refractivity contribution < 1.29 is 23.4 Å². The van der Waals surface area contributed by atoms with Crippen LogP contribution < -0.4 is 9.47 Å². The summed E-state index contributed by atoms with van der Waals surface area (Å²) in [5.74, 6) is 0.687. The van der Waals surface area contributed by atoms with Crippen LogP contribution in [0.2, 0.25) is 0 Å². The predicted molar refractivity (Wildman–Crippen MR) is 63.0 cm³/mol. The van der Waals surface area contributed by atoms with Crippen LogP contribution in [0.1, 0.15) is 12.5 Å². The maximum Gasteiger partial charge on any atom is 0.333 e. The lowest BCUT2D eigenvalue weighted by molar-refractivity contribution is -0.109. The molecule has 0 bridgehead atoms. The van der Waals surface area contributed by atoms with Crippen LogP contribution in [-0.2, 0) is 5.60 Å². The normalized spacial score (nSPS) is 15.2. The highest BCUT2D eigenvalue weighted by Gasteiger charge is 2.48. The van der Waals surface area contributed by atoms with Gasteiger partial charge < -0.3 is 14.6 Å². The van der Waals surface area contributed by atoms with Gasteiger partial charge in [0.05, 0.1) is 14.2 Å². The molecule has 6 heteroatoms. The molecule has 96 valence electrons. The van der Waals surface area contributed by atoms with Gasteiger partial charge in [0.1, 0.15) is 0 Å². The molecule has 0 aromatic heterocycles. The van der Waals surface area contributed by atoms with Gasteiger partial charge in [-0.2, -0.15) is 8.78 Å². The second-order valence-electron chi connectivity index (χ2n) is 3.64. The highest BCUT2D eigenvalue weighted by atomic mass is 79.9. The summed E-state index contributed by atoms with van der Waals surface area (Å²) in [5, 5.41) is 9.81. The number of hydrogen-bond donors (Lipinski definition) is 1. The maximum atomic E-state index is 13.2. The number of alkyl halides is 3. The molecule has 1 aromatic rings. The molecule has 1 N–H and O–H groups in total. The van der Waals surface area contributed by atoms with E-state index in [-0.39, 0.29) is 11.3 Å². The molecule has 0 saturated heterocycles. The van der Waals surface area contributed by atoms with Crippen molar-refractivity contribution in [3.8, 4) is 11.5 Å². The molecule has 0 heterocycles. The predicted octanol–water partition coefficient (Wildman–Crippen LogP) is 2.90. The first-order chi connectivity index (χ1) is 7.74. The van der Waals surface area contributed by atoms with E-state index < -0.39 is 10.4 Å². The van der Waals surface area contributed by atoms with Crippen LogP contribution in [0.5, 0.6) is 11.5 Å². The van der Waals surface area contributed by atoms with E-state index in [4.69, 9.17) is 9.47 Å². The van der Waals surface area contributed by atoms with Crippen molar-refractivity contribution in [2.75, 3.05) is 14.2 Å². The van der Waals surface area contributed by atoms with Crippen molar-refractivity contribution in [3.63, 3.8) is 0 Å². The van der Waals surface area contributed by atoms with Crippen molar-refractivity contribution in [2.45, 2.75) is 17.4 Å². The summed E-state index contributed by atoms with van der Waals surface area (Å²) in [5.41, 5.74) is -2.32. The Hall–Kier alpha value is -0.880. The van der Waals surface area contributed by atoms with Crippen LogP contribution in [0.4, 0.5) is 8.78 Å². The average Bonchev–Trinajstić information content (AvgIpc) is 2.26. The monoisotopic (exact) mass is 310 g/mol. The zero-order chi connectivity index (χ0) is 13.3. The van der Waals surface area contributed by atoms with Crippen LogP contribution in [0.3, 0.4) is 0 Å². The van der Waals surface area contributed by atoms with Gasteiger partial charge in [0.15, 0.2) is 17.1 Å². The Labute approximate surface area is 106 Å². The molecule has 0 spiro atoms.